The van der Waals surface area contributed by atoms with Gasteiger partial charge in [0.05, 0.1) is 0 Å². The molecular weight excluding hydrogens is 304 g/mol. The molecule has 127 valence electrons. The second-order valence-corrected chi connectivity index (χ2v) is 9.27. The quantitative estimate of drug-likeness (QED) is 0.285. The van der Waals surface area contributed by atoms with Gasteiger partial charge < -0.3 is 0 Å². The van der Waals surface area contributed by atoms with E-state index in [9.17, 15) is 0 Å². The van der Waals surface area contributed by atoms with Crippen molar-refractivity contribution in [1.82, 2.24) is 0 Å². The summed E-state index contributed by atoms with van der Waals surface area (Å²) in [6, 6.07) is 22.1. The summed E-state index contributed by atoms with van der Waals surface area (Å²) in [5.74, 6) is 0. The Balaban J connectivity index is 2.06. The van der Waals surface area contributed by atoms with Crippen LogP contribution in [0, 0.1) is 0 Å². The summed E-state index contributed by atoms with van der Waals surface area (Å²) >= 11 is 0. The molecular formula is C23H31Si. The van der Waals surface area contributed by atoms with Crippen LogP contribution in [0.5, 0.6) is 0 Å². The Morgan fingerprint density at radius 3 is 1.79 bits per heavy atom. The minimum absolute atomic E-state index is 0.603. The van der Waals surface area contributed by atoms with Gasteiger partial charge in [-0.25, -0.2) is 0 Å². The molecule has 1 unspecified atom stereocenters. The average Bonchev–Trinajstić information content (AvgIpc) is 2.65. The van der Waals surface area contributed by atoms with Crippen LogP contribution in [0.4, 0.5) is 0 Å². The van der Waals surface area contributed by atoms with Crippen LogP contribution >= 0.6 is 0 Å². The summed E-state index contributed by atoms with van der Waals surface area (Å²) in [7, 11) is -0.804. The maximum atomic E-state index is 4.19. The molecule has 0 aliphatic heterocycles. The summed E-state index contributed by atoms with van der Waals surface area (Å²) in [5, 5.41) is 3.01. The van der Waals surface area contributed by atoms with Gasteiger partial charge in [-0.3, -0.25) is 0 Å². The summed E-state index contributed by atoms with van der Waals surface area (Å²) < 4.78 is 0. The Bertz CT molecular complexity index is 522. The van der Waals surface area contributed by atoms with Crippen molar-refractivity contribution >= 4 is 19.2 Å². The molecule has 1 atom stereocenters. The van der Waals surface area contributed by atoms with Gasteiger partial charge in [0.2, 0.25) is 0 Å². The van der Waals surface area contributed by atoms with Gasteiger partial charge in [-0.15, -0.1) is 6.58 Å². The zero-order chi connectivity index (χ0) is 17.0. The fraction of sp³-hybridized carbons (Fsp3) is 0.391. The van der Waals surface area contributed by atoms with Crippen LogP contribution < -0.4 is 10.4 Å². The van der Waals surface area contributed by atoms with E-state index in [0.717, 1.165) is 0 Å². The van der Waals surface area contributed by atoms with E-state index in [-0.39, 0.29) is 0 Å². The Morgan fingerprint density at radius 2 is 1.29 bits per heavy atom. The topological polar surface area (TPSA) is 0 Å². The molecule has 0 N–H and O–H groups in total. The lowest BCUT2D eigenvalue weighted by Crippen LogP contribution is -2.45. The van der Waals surface area contributed by atoms with Gasteiger partial charge in [-0.2, -0.15) is 0 Å². The van der Waals surface area contributed by atoms with Crippen LogP contribution in [0.25, 0.3) is 0 Å². The largest absolute Gasteiger partial charge is 0.128 e. The molecule has 2 rings (SSSR count). The van der Waals surface area contributed by atoms with E-state index in [4.69, 9.17) is 0 Å². The fourth-order valence-corrected chi connectivity index (χ4v) is 6.38. The van der Waals surface area contributed by atoms with E-state index >= 15 is 0 Å². The summed E-state index contributed by atoms with van der Waals surface area (Å²) in [5.41, 5.74) is 0.603. The third kappa shape index (κ3) is 5.79. The predicted molar refractivity (Wildman–Crippen MR) is 110 cm³/mol. The van der Waals surface area contributed by atoms with E-state index in [1.54, 1.807) is 0 Å². The molecule has 0 heterocycles. The van der Waals surface area contributed by atoms with E-state index in [2.05, 4.69) is 80.2 Å². The summed E-state index contributed by atoms with van der Waals surface area (Å²) in [4.78, 5) is 0. The standard InChI is InChI=1S/C23H31Si/c1-3-5-6-7-8-11-16-21(4-2)24(22-17-12-9-13-18-22)23-19-14-10-15-20-23/h4,9-10,12-15,17-21H,2-3,5-8,11,16H2,1H3. The molecule has 1 radical (unpaired) electrons. The minimum atomic E-state index is -0.804. The first-order valence-corrected chi connectivity index (χ1v) is 11.0. The molecule has 0 spiro atoms. The molecule has 2 aromatic carbocycles. The molecule has 1 heteroatoms. The number of benzene rings is 2. The number of rotatable bonds is 11. The molecule has 0 fully saturated rings. The molecule has 0 saturated carbocycles. The van der Waals surface area contributed by atoms with Gasteiger partial charge in [0.1, 0.15) is 8.80 Å². The summed E-state index contributed by atoms with van der Waals surface area (Å²) in [6.07, 6.45) is 11.7. The first-order valence-electron chi connectivity index (χ1n) is 9.47. The molecule has 0 saturated heterocycles. The number of hydrogen-bond donors (Lipinski definition) is 0. The van der Waals surface area contributed by atoms with Crippen molar-refractivity contribution in [2.24, 2.45) is 0 Å². The Morgan fingerprint density at radius 1 is 0.792 bits per heavy atom. The first kappa shape index (κ1) is 18.7. The lowest BCUT2D eigenvalue weighted by Gasteiger charge is -2.24. The Kier molecular flexibility index (Phi) is 8.62. The van der Waals surface area contributed by atoms with E-state index in [1.807, 2.05) is 0 Å². The van der Waals surface area contributed by atoms with Gasteiger partial charge in [-0.05, 0) is 12.0 Å². The van der Waals surface area contributed by atoms with Crippen LogP contribution in [-0.2, 0) is 0 Å². The maximum Gasteiger partial charge on any atom is 0.128 e. The lowest BCUT2D eigenvalue weighted by atomic mass is 10.1. The molecule has 0 nitrogen and oxygen atoms in total. The summed E-state index contributed by atoms with van der Waals surface area (Å²) in [6.45, 7) is 6.47. The maximum absolute atomic E-state index is 4.19. The normalized spacial score (nSPS) is 12.2. The van der Waals surface area contributed by atoms with Crippen molar-refractivity contribution in [2.75, 3.05) is 0 Å². The van der Waals surface area contributed by atoms with Crippen molar-refractivity contribution in [3.05, 3.63) is 73.3 Å². The fourth-order valence-electron chi connectivity index (χ4n) is 3.35. The first-order chi connectivity index (χ1) is 11.9. The molecule has 2 aromatic rings. The highest BCUT2D eigenvalue weighted by Crippen LogP contribution is 2.21. The monoisotopic (exact) mass is 335 g/mol. The third-order valence-corrected chi connectivity index (χ3v) is 7.87. The van der Waals surface area contributed by atoms with Crippen LogP contribution in [0.3, 0.4) is 0 Å². The average molecular weight is 336 g/mol. The molecule has 0 aliphatic rings. The van der Waals surface area contributed by atoms with Gasteiger partial charge in [-0.1, -0.05) is 123 Å². The number of allylic oxidation sites excluding steroid dienone is 1. The lowest BCUT2D eigenvalue weighted by molar-refractivity contribution is 0.591. The Hall–Kier alpha value is -1.60. The van der Waals surface area contributed by atoms with E-state index in [1.165, 1.54) is 55.3 Å². The van der Waals surface area contributed by atoms with Gasteiger partial charge in [0.15, 0.2) is 0 Å². The van der Waals surface area contributed by atoms with Crippen molar-refractivity contribution in [3.63, 3.8) is 0 Å². The van der Waals surface area contributed by atoms with Crippen molar-refractivity contribution in [2.45, 2.75) is 57.4 Å². The third-order valence-electron chi connectivity index (χ3n) is 4.69. The van der Waals surface area contributed by atoms with Crippen molar-refractivity contribution in [1.29, 1.82) is 0 Å². The van der Waals surface area contributed by atoms with Gasteiger partial charge in [0, 0.05) is 0 Å². The SMILES string of the molecule is C=CC(CCCCCCCC)[Si](c1ccccc1)c1ccccc1. The highest BCUT2D eigenvalue weighted by Gasteiger charge is 2.24. The zero-order valence-corrected chi connectivity index (χ0v) is 16.1. The number of hydrogen-bond acceptors (Lipinski definition) is 0. The highest BCUT2D eigenvalue weighted by atomic mass is 28.3. The molecule has 0 bridgehead atoms. The second-order valence-electron chi connectivity index (χ2n) is 6.54. The van der Waals surface area contributed by atoms with Crippen LogP contribution in [0.2, 0.25) is 5.54 Å². The second kappa shape index (κ2) is 11.0. The molecule has 24 heavy (non-hydrogen) atoms. The smallest absolute Gasteiger partial charge is 0.103 e. The predicted octanol–water partition coefficient (Wildman–Crippen LogP) is 5.60. The molecule has 0 aromatic heterocycles. The minimum Gasteiger partial charge on any atom is -0.103 e. The van der Waals surface area contributed by atoms with E-state index in [0.29, 0.717) is 5.54 Å². The van der Waals surface area contributed by atoms with Gasteiger partial charge >= 0.3 is 0 Å². The van der Waals surface area contributed by atoms with Crippen LogP contribution in [-0.4, -0.2) is 8.80 Å². The van der Waals surface area contributed by atoms with Crippen molar-refractivity contribution in [3.8, 4) is 0 Å². The molecule has 0 aliphatic carbocycles. The Labute approximate surface area is 150 Å². The van der Waals surface area contributed by atoms with Crippen LogP contribution in [0.15, 0.2) is 73.3 Å². The zero-order valence-electron chi connectivity index (χ0n) is 15.1. The van der Waals surface area contributed by atoms with E-state index < -0.39 is 8.80 Å². The number of unbranched alkanes of at least 4 members (excludes halogenated alkanes) is 5. The molecule has 0 amide bonds. The highest BCUT2D eigenvalue weighted by molar-refractivity contribution is 6.86. The van der Waals surface area contributed by atoms with Crippen molar-refractivity contribution < 1.29 is 0 Å². The van der Waals surface area contributed by atoms with Crippen LogP contribution in [0.1, 0.15) is 51.9 Å². The van der Waals surface area contributed by atoms with Gasteiger partial charge in [0.25, 0.3) is 0 Å².